The Morgan fingerprint density at radius 3 is 2.38 bits per heavy atom. The SMILES string of the molecule is CSC1(C(N)=S)CCN(CCN(C)C)CC1. The van der Waals surface area contributed by atoms with Crippen molar-refractivity contribution in [2.45, 2.75) is 17.6 Å². The summed E-state index contributed by atoms with van der Waals surface area (Å²) in [5, 5.41) is 0. The number of likely N-dealkylation sites (N-methyl/N-ethyl adjacent to an activating group) is 1. The maximum atomic E-state index is 5.86. The fourth-order valence-electron chi connectivity index (χ4n) is 2.03. The van der Waals surface area contributed by atoms with Crippen LogP contribution in [-0.2, 0) is 0 Å². The lowest BCUT2D eigenvalue weighted by molar-refractivity contribution is 0.200. The molecule has 1 fully saturated rings. The molecule has 0 aromatic rings. The minimum Gasteiger partial charge on any atom is -0.392 e. The smallest absolute Gasteiger partial charge is 0.0891 e. The third-order valence-electron chi connectivity index (χ3n) is 3.37. The van der Waals surface area contributed by atoms with E-state index in [0.717, 1.165) is 39.0 Å². The van der Waals surface area contributed by atoms with E-state index in [1.165, 1.54) is 0 Å². The van der Waals surface area contributed by atoms with Crippen molar-refractivity contribution in [1.29, 1.82) is 0 Å². The van der Waals surface area contributed by atoms with Crippen LogP contribution in [0.15, 0.2) is 0 Å². The summed E-state index contributed by atoms with van der Waals surface area (Å²) in [5.41, 5.74) is 5.86. The summed E-state index contributed by atoms with van der Waals surface area (Å²) in [5.74, 6) is 0. The standard InChI is InChI=1S/C11H23N3S2/c1-13(2)8-9-14-6-4-11(16-3,5-7-14)10(12)15/h4-9H2,1-3H3,(H2,12,15). The molecule has 0 aromatic carbocycles. The summed E-state index contributed by atoms with van der Waals surface area (Å²) in [6, 6.07) is 0. The predicted octanol–water partition coefficient (Wildman–Crippen LogP) is 1.03. The zero-order valence-corrected chi connectivity index (χ0v) is 12.2. The van der Waals surface area contributed by atoms with E-state index < -0.39 is 0 Å². The molecule has 1 rings (SSSR count). The van der Waals surface area contributed by atoms with Gasteiger partial charge in [-0.3, -0.25) is 0 Å². The van der Waals surface area contributed by atoms with Gasteiger partial charge >= 0.3 is 0 Å². The van der Waals surface area contributed by atoms with Crippen molar-refractivity contribution in [1.82, 2.24) is 9.80 Å². The molecule has 0 saturated carbocycles. The zero-order valence-electron chi connectivity index (χ0n) is 10.5. The number of likely N-dealkylation sites (tertiary alicyclic amines) is 1. The van der Waals surface area contributed by atoms with Crippen LogP contribution in [0.3, 0.4) is 0 Å². The second-order valence-corrected chi connectivity index (χ2v) is 6.34. The highest BCUT2D eigenvalue weighted by Crippen LogP contribution is 2.34. The maximum Gasteiger partial charge on any atom is 0.0891 e. The molecule has 2 N–H and O–H groups in total. The molecule has 1 saturated heterocycles. The Bertz CT molecular complexity index is 235. The van der Waals surface area contributed by atoms with Gasteiger partial charge < -0.3 is 15.5 Å². The van der Waals surface area contributed by atoms with E-state index in [1.807, 2.05) is 11.8 Å². The van der Waals surface area contributed by atoms with Crippen molar-refractivity contribution in [3.63, 3.8) is 0 Å². The first-order chi connectivity index (χ1) is 7.50. The molecule has 0 aliphatic carbocycles. The molecule has 16 heavy (non-hydrogen) atoms. The van der Waals surface area contributed by atoms with E-state index in [1.54, 1.807) is 0 Å². The Morgan fingerprint density at radius 1 is 1.44 bits per heavy atom. The third kappa shape index (κ3) is 3.58. The lowest BCUT2D eigenvalue weighted by atomic mass is 9.95. The molecule has 5 heteroatoms. The minimum absolute atomic E-state index is 0.0595. The van der Waals surface area contributed by atoms with E-state index >= 15 is 0 Å². The molecule has 0 spiro atoms. The normalized spacial score (nSPS) is 21.2. The van der Waals surface area contributed by atoms with Crippen LogP contribution in [0.4, 0.5) is 0 Å². The number of hydrogen-bond acceptors (Lipinski definition) is 4. The summed E-state index contributed by atoms with van der Waals surface area (Å²) < 4.78 is 0.0595. The number of nitrogens with two attached hydrogens (primary N) is 1. The van der Waals surface area contributed by atoms with E-state index in [4.69, 9.17) is 18.0 Å². The van der Waals surface area contributed by atoms with Gasteiger partial charge in [0.15, 0.2) is 0 Å². The first-order valence-electron chi connectivity index (χ1n) is 5.72. The van der Waals surface area contributed by atoms with Crippen molar-refractivity contribution >= 4 is 29.0 Å². The monoisotopic (exact) mass is 261 g/mol. The molecule has 94 valence electrons. The van der Waals surface area contributed by atoms with Gasteiger partial charge in [-0.2, -0.15) is 11.8 Å². The van der Waals surface area contributed by atoms with Gasteiger partial charge in [-0.05, 0) is 46.3 Å². The summed E-state index contributed by atoms with van der Waals surface area (Å²) in [6.07, 6.45) is 4.31. The highest BCUT2D eigenvalue weighted by atomic mass is 32.2. The second kappa shape index (κ2) is 6.19. The van der Waals surface area contributed by atoms with Gasteiger partial charge in [0, 0.05) is 13.1 Å². The van der Waals surface area contributed by atoms with E-state index in [2.05, 4.69) is 30.2 Å². The molecule has 1 aliphatic heterocycles. The molecule has 0 aromatic heterocycles. The average molecular weight is 261 g/mol. The van der Waals surface area contributed by atoms with Crippen LogP contribution in [0.25, 0.3) is 0 Å². The number of piperidine rings is 1. The third-order valence-corrected chi connectivity index (χ3v) is 5.30. The average Bonchev–Trinajstić information content (AvgIpc) is 2.26. The molecule has 0 bridgehead atoms. The fourth-order valence-corrected chi connectivity index (χ4v) is 3.28. The van der Waals surface area contributed by atoms with Gasteiger partial charge in [0.05, 0.1) is 9.74 Å². The summed E-state index contributed by atoms with van der Waals surface area (Å²) in [4.78, 5) is 5.42. The van der Waals surface area contributed by atoms with Crippen LogP contribution in [0.5, 0.6) is 0 Å². The lowest BCUT2D eigenvalue weighted by Gasteiger charge is -2.40. The van der Waals surface area contributed by atoms with Crippen molar-refractivity contribution < 1.29 is 0 Å². The Kier molecular flexibility index (Phi) is 5.50. The van der Waals surface area contributed by atoms with Crippen molar-refractivity contribution in [3.8, 4) is 0 Å². The quantitative estimate of drug-likeness (QED) is 0.748. The lowest BCUT2D eigenvalue weighted by Crippen LogP contribution is -2.50. The van der Waals surface area contributed by atoms with Crippen LogP contribution in [0, 0.1) is 0 Å². The number of thiocarbonyl (C=S) groups is 1. The van der Waals surface area contributed by atoms with Crippen LogP contribution >= 0.6 is 24.0 Å². The Labute approximate surface area is 109 Å². The first-order valence-corrected chi connectivity index (χ1v) is 7.35. The van der Waals surface area contributed by atoms with Crippen molar-refractivity contribution in [2.75, 3.05) is 46.5 Å². The molecule has 0 unspecified atom stereocenters. The molecular formula is C11H23N3S2. The molecule has 3 nitrogen and oxygen atoms in total. The molecular weight excluding hydrogens is 238 g/mol. The summed E-state index contributed by atoms with van der Waals surface area (Å²) in [6.45, 7) is 4.51. The number of hydrogen-bond donors (Lipinski definition) is 1. The van der Waals surface area contributed by atoms with Gasteiger partial charge in [-0.25, -0.2) is 0 Å². The highest BCUT2D eigenvalue weighted by Gasteiger charge is 2.36. The topological polar surface area (TPSA) is 32.5 Å². The molecule has 1 aliphatic rings. The number of nitrogens with zero attached hydrogens (tertiary/aromatic N) is 2. The largest absolute Gasteiger partial charge is 0.392 e. The molecule has 1 heterocycles. The number of thioether (sulfide) groups is 1. The van der Waals surface area contributed by atoms with Gasteiger partial charge in [0.25, 0.3) is 0 Å². The summed E-state index contributed by atoms with van der Waals surface area (Å²) in [7, 11) is 4.23. The first kappa shape index (κ1) is 14.2. The van der Waals surface area contributed by atoms with Gasteiger partial charge in [0.2, 0.25) is 0 Å². The molecule has 0 atom stereocenters. The summed E-state index contributed by atoms with van der Waals surface area (Å²) >= 11 is 7.03. The molecule has 0 radical (unpaired) electrons. The van der Waals surface area contributed by atoms with E-state index in [-0.39, 0.29) is 4.75 Å². The van der Waals surface area contributed by atoms with Gasteiger partial charge in [-0.1, -0.05) is 12.2 Å². The van der Waals surface area contributed by atoms with Crippen LogP contribution in [-0.4, -0.2) is 66.1 Å². The van der Waals surface area contributed by atoms with Gasteiger partial charge in [0.1, 0.15) is 0 Å². The van der Waals surface area contributed by atoms with E-state index in [9.17, 15) is 0 Å². The highest BCUT2D eigenvalue weighted by molar-refractivity contribution is 8.01. The van der Waals surface area contributed by atoms with Crippen LogP contribution in [0.2, 0.25) is 0 Å². The Hall–Kier alpha value is 0.160. The second-order valence-electron chi connectivity index (χ2n) is 4.71. The number of rotatable bonds is 5. The molecule has 0 amide bonds. The Balaban J connectivity index is 2.40. The van der Waals surface area contributed by atoms with Crippen LogP contribution in [0.1, 0.15) is 12.8 Å². The Morgan fingerprint density at radius 2 is 2.00 bits per heavy atom. The van der Waals surface area contributed by atoms with E-state index in [0.29, 0.717) is 4.99 Å². The zero-order chi connectivity index (χ0) is 12.2. The van der Waals surface area contributed by atoms with Crippen molar-refractivity contribution in [2.24, 2.45) is 5.73 Å². The predicted molar refractivity (Wildman–Crippen MR) is 77.3 cm³/mol. The minimum atomic E-state index is 0.0595. The maximum absolute atomic E-state index is 5.86. The van der Waals surface area contributed by atoms with Crippen molar-refractivity contribution in [3.05, 3.63) is 0 Å². The van der Waals surface area contributed by atoms with Crippen LogP contribution < -0.4 is 5.73 Å². The van der Waals surface area contributed by atoms with Gasteiger partial charge in [-0.15, -0.1) is 0 Å². The fraction of sp³-hybridized carbons (Fsp3) is 0.909.